The summed E-state index contributed by atoms with van der Waals surface area (Å²) in [5, 5.41) is 0. The van der Waals surface area contributed by atoms with Gasteiger partial charge in [-0.05, 0) is 55.8 Å². The van der Waals surface area contributed by atoms with Crippen LogP contribution in [0, 0.1) is 34.0 Å². The molecule has 0 radical (unpaired) electrons. The molecule has 0 aromatic carbocycles. The number of rotatable bonds is 7. The summed E-state index contributed by atoms with van der Waals surface area (Å²) in [6.45, 7) is 12.8. The van der Waals surface area contributed by atoms with Crippen LogP contribution in [0.2, 0.25) is 0 Å². The molecule has 8 nitrogen and oxygen atoms in total. The van der Waals surface area contributed by atoms with Gasteiger partial charge in [0.25, 0.3) is 0 Å². The maximum absolute atomic E-state index is 12.9. The molecule has 192 valence electrons. The molecule has 6 unspecified atom stereocenters. The number of carbonyl (C=O) groups excluding carboxylic acids is 4. The van der Waals surface area contributed by atoms with E-state index in [1.807, 2.05) is 27.7 Å². The first-order chi connectivity index (χ1) is 15.6. The molecule has 2 aliphatic carbocycles. The van der Waals surface area contributed by atoms with Crippen LogP contribution in [-0.4, -0.2) is 49.3 Å². The first kappa shape index (κ1) is 26.5. The minimum absolute atomic E-state index is 0.0902. The van der Waals surface area contributed by atoms with E-state index in [4.69, 9.17) is 18.9 Å². The Labute approximate surface area is 202 Å². The largest absolute Gasteiger partial charge is 0.458 e. The highest BCUT2D eigenvalue weighted by Gasteiger charge is 2.52. The van der Waals surface area contributed by atoms with Crippen molar-refractivity contribution in [3.63, 3.8) is 0 Å². The van der Waals surface area contributed by atoms with Crippen molar-refractivity contribution < 1.29 is 38.1 Å². The number of esters is 4. The molecule has 8 heteroatoms. The second kappa shape index (κ2) is 9.50. The van der Waals surface area contributed by atoms with Gasteiger partial charge in [-0.15, -0.1) is 0 Å². The van der Waals surface area contributed by atoms with Crippen LogP contribution in [0.15, 0.2) is 0 Å². The molecular formula is C26H40O8. The van der Waals surface area contributed by atoms with Gasteiger partial charge in [-0.1, -0.05) is 41.5 Å². The highest BCUT2D eigenvalue weighted by Crippen LogP contribution is 2.49. The van der Waals surface area contributed by atoms with Crippen LogP contribution in [-0.2, 0) is 38.1 Å². The molecule has 0 amide bonds. The Morgan fingerprint density at radius 1 is 0.882 bits per heavy atom. The highest BCUT2D eigenvalue weighted by atomic mass is 16.6. The van der Waals surface area contributed by atoms with E-state index in [0.29, 0.717) is 25.2 Å². The van der Waals surface area contributed by atoms with E-state index in [0.717, 1.165) is 12.8 Å². The molecule has 2 aliphatic heterocycles. The van der Waals surface area contributed by atoms with Gasteiger partial charge in [0.2, 0.25) is 0 Å². The number of hydrogen-bond donors (Lipinski definition) is 0. The standard InChI is InChI=1S/C26H40O8/c1-24(2,3)14-26(7,25(4,5)6)23(30)32-12-19(27)31-13-20(28)34-21-16-8-15-9-17(11-16)22(29)33-18(21)10-15/h15-18,21H,8-14H2,1-7H3. The van der Waals surface area contributed by atoms with Crippen LogP contribution < -0.4 is 0 Å². The predicted octanol–water partition coefficient (Wildman–Crippen LogP) is 3.83. The quantitative estimate of drug-likeness (QED) is 0.400. The summed E-state index contributed by atoms with van der Waals surface area (Å²) in [5.41, 5.74) is -1.30. The lowest BCUT2D eigenvalue weighted by Crippen LogP contribution is -2.46. The zero-order valence-corrected chi connectivity index (χ0v) is 21.6. The summed E-state index contributed by atoms with van der Waals surface area (Å²) in [7, 11) is 0. The zero-order chi connectivity index (χ0) is 25.5. The molecule has 0 spiro atoms. The van der Waals surface area contributed by atoms with Gasteiger partial charge in [0.05, 0.1) is 11.3 Å². The first-order valence-corrected chi connectivity index (χ1v) is 12.3. The van der Waals surface area contributed by atoms with Crippen molar-refractivity contribution >= 4 is 23.9 Å². The third kappa shape index (κ3) is 5.92. The first-order valence-electron chi connectivity index (χ1n) is 12.3. The van der Waals surface area contributed by atoms with Crippen LogP contribution in [0.5, 0.6) is 0 Å². The summed E-state index contributed by atoms with van der Waals surface area (Å²) in [6.07, 6.45) is 2.79. The number of carbonyl (C=O) groups is 4. The highest BCUT2D eigenvalue weighted by molar-refractivity contribution is 5.82. The molecule has 0 aromatic rings. The van der Waals surface area contributed by atoms with E-state index >= 15 is 0 Å². The van der Waals surface area contributed by atoms with Gasteiger partial charge in [-0.25, -0.2) is 9.59 Å². The average Bonchev–Trinajstić information content (AvgIpc) is 2.86. The summed E-state index contributed by atoms with van der Waals surface area (Å²) in [5.74, 6) is -1.76. The Kier molecular flexibility index (Phi) is 7.40. The minimum Gasteiger partial charge on any atom is -0.458 e. The Bertz CT molecular complexity index is 820. The third-order valence-electron chi connectivity index (χ3n) is 7.77. The molecule has 0 N–H and O–H groups in total. The maximum Gasteiger partial charge on any atom is 0.344 e. The summed E-state index contributed by atoms with van der Waals surface area (Å²) < 4.78 is 21.4. The molecule has 0 aromatic heterocycles. The van der Waals surface area contributed by atoms with E-state index in [1.54, 1.807) is 0 Å². The Morgan fingerprint density at radius 2 is 1.53 bits per heavy atom. The fraction of sp³-hybridized carbons (Fsp3) is 0.846. The molecule has 2 saturated carbocycles. The molecule has 4 fully saturated rings. The van der Waals surface area contributed by atoms with Crippen molar-refractivity contribution in [1.82, 2.24) is 0 Å². The Hall–Kier alpha value is -2.12. The van der Waals surface area contributed by atoms with Crippen LogP contribution >= 0.6 is 0 Å². The van der Waals surface area contributed by atoms with Gasteiger partial charge in [-0.3, -0.25) is 9.59 Å². The van der Waals surface area contributed by atoms with Gasteiger partial charge in [-0.2, -0.15) is 0 Å². The lowest BCUT2D eigenvalue weighted by Gasteiger charge is -2.43. The number of hydrogen-bond acceptors (Lipinski definition) is 8. The van der Waals surface area contributed by atoms with E-state index in [2.05, 4.69) is 20.8 Å². The van der Waals surface area contributed by atoms with E-state index in [1.165, 1.54) is 0 Å². The smallest absolute Gasteiger partial charge is 0.344 e. The van der Waals surface area contributed by atoms with Crippen LogP contribution in [0.4, 0.5) is 0 Å². The van der Waals surface area contributed by atoms with Gasteiger partial charge in [0.15, 0.2) is 13.2 Å². The molecule has 34 heavy (non-hydrogen) atoms. The minimum atomic E-state index is -0.814. The summed E-state index contributed by atoms with van der Waals surface area (Å²) >= 11 is 0. The van der Waals surface area contributed by atoms with Crippen molar-refractivity contribution in [2.24, 2.45) is 34.0 Å². The van der Waals surface area contributed by atoms with Gasteiger partial charge < -0.3 is 18.9 Å². The van der Waals surface area contributed by atoms with Crippen molar-refractivity contribution in [2.45, 2.75) is 92.8 Å². The van der Waals surface area contributed by atoms with Crippen molar-refractivity contribution in [3.8, 4) is 0 Å². The van der Waals surface area contributed by atoms with E-state index < -0.39 is 48.7 Å². The summed E-state index contributed by atoms with van der Waals surface area (Å²) in [6, 6.07) is 0. The number of ether oxygens (including phenoxy) is 4. The predicted molar refractivity (Wildman–Crippen MR) is 122 cm³/mol. The van der Waals surface area contributed by atoms with Gasteiger partial charge in [0.1, 0.15) is 12.2 Å². The monoisotopic (exact) mass is 480 g/mol. The lowest BCUT2D eigenvalue weighted by atomic mass is 9.61. The van der Waals surface area contributed by atoms with E-state index in [9.17, 15) is 19.2 Å². The molecule has 4 bridgehead atoms. The Balaban J connectivity index is 1.48. The van der Waals surface area contributed by atoms with Gasteiger partial charge in [0, 0.05) is 5.92 Å². The van der Waals surface area contributed by atoms with Crippen molar-refractivity contribution in [3.05, 3.63) is 0 Å². The molecule has 6 atom stereocenters. The molecule has 2 heterocycles. The van der Waals surface area contributed by atoms with Crippen LogP contribution in [0.3, 0.4) is 0 Å². The summed E-state index contributed by atoms with van der Waals surface area (Å²) in [4.78, 5) is 49.6. The lowest BCUT2D eigenvalue weighted by molar-refractivity contribution is -0.181. The normalized spacial score (nSPS) is 30.1. The maximum atomic E-state index is 12.9. The average molecular weight is 481 g/mol. The SMILES string of the molecule is CC(C)(C)CC(C)(C(=O)OCC(=O)OCC(=O)OC1C2CC3CC(C2)C(=O)OC1C3)C(C)(C)C. The number of fused-ring (bicyclic) bond motifs is 1. The molecule has 2 saturated heterocycles. The molecule has 4 rings (SSSR count). The van der Waals surface area contributed by atoms with Gasteiger partial charge >= 0.3 is 23.9 Å². The van der Waals surface area contributed by atoms with Crippen LogP contribution in [0.1, 0.15) is 80.6 Å². The molecule has 4 aliphatic rings. The second-order valence-corrected chi connectivity index (χ2v) is 12.8. The fourth-order valence-corrected chi connectivity index (χ4v) is 5.79. The van der Waals surface area contributed by atoms with Crippen molar-refractivity contribution in [2.75, 3.05) is 13.2 Å². The topological polar surface area (TPSA) is 105 Å². The van der Waals surface area contributed by atoms with Crippen molar-refractivity contribution in [1.29, 1.82) is 0 Å². The fourth-order valence-electron chi connectivity index (χ4n) is 5.79. The zero-order valence-electron chi connectivity index (χ0n) is 21.6. The van der Waals surface area contributed by atoms with E-state index in [-0.39, 0.29) is 28.6 Å². The second-order valence-electron chi connectivity index (χ2n) is 12.8. The Morgan fingerprint density at radius 3 is 2.15 bits per heavy atom. The van der Waals surface area contributed by atoms with Crippen LogP contribution in [0.25, 0.3) is 0 Å². The molecular weight excluding hydrogens is 440 g/mol. The third-order valence-corrected chi connectivity index (χ3v) is 7.77.